The predicted molar refractivity (Wildman–Crippen MR) is 166 cm³/mol. The second kappa shape index (κ2) is 12.0. The zero-order valence-corrected chi connectivity index (χ0v) is 25.4. The molecule has 2 fully saturated rings. The molecular formula is C32H32N4O5S2. The van der Waals surface area contributed by atoms with Crippen molar-refractivity contribution in [3.63, 3.8) is 0 Å². The summed E-state index contributed by atoms with van der Waals surface area (Å²) in [7, 11) is -4.05. The zero-order valence-electron chi connectivity index (χ0n) is 23.7. The van der Waals surface area contributed by atoms with Gasteiger partial charge in [0.2, 0.25) is 15.9 Å². The summed E-state index contributed by atoms with van der Waals surface area (Å²) >= 11 is 1.13. The largest absolute Gasteiger partial charge is 0.477 e. The first-order valence-corrected chi connectivity index (χ1v) is 16.6. The number of sulfonamides is 1. The van der Waals surface area contributed by atoms with Gasteiger partial charge in [-0.3, -0.25) is 4.79 Å². The van der Waals surface area contributed by atoms with Crippen LogP contribution in [0.15, 0.2) is 77.8 Å². The van der Waals surface area contributed by atoms with E-state index in [0.29, 0.717) is 22.8 Å². The number of aromatic nitrogens is 2. The Kier molecular flexibility index (Phi) is 8.13. The molecule has 1 saturated carbocycles. The van der Waals surface area contributed by atoms with Crippen LogP contribution >= 0.6 is 11.3 Å². The average molecular weight is 617 g/mol. The number of hydrogen-bond acceptors (Lipinski definition) is 7. The molecule has 1 unspecified atom stereocenters. The molecule has 9 nitrogen and oxygen atoms in total. The Balaban J connectivity index is 1.38. The predicted octanol–water partition coefficient (Wildman–Crippen LogP) is 5.87. The zero-order chi connectivity index (χ0) is 30.1. The van der Waals surface area contributed by atoms with Gasteiger partial charge in [-0.1, -0.05) is 61.7 Å². The Hall–Kier alpha value is -3.93. The topological polar surface area (TPSA) is 121 Å². The molecule has 6 rings (SSSR count). The molecule has 0 spiro atoms. The van der Waals surface area contributed by atoms with Gasteiger partial charge in [0.15, 0.2) is 0 Å². The van der Waals surface area contributed by atoms with Crippen molar-refractivity contribution >= 4 is 38.9 Å². The van der Waals surface area contributed by atoms with E-state index in [0.717, 1.165) is 53.9 Å². The van der Waals surface area contributed by atoms with Crippen LogP contribution in [-0.4, -0.2) is 58.8 Å². The minimum Gasteiger partial charge on any atom is -0.477 e. The normalized spacial score (nSPS) is 18.6. The van der Waals surface area contributed by atoms with Crippen molar-refractivity contribution in [3.8, 4) is 21.7 Å². The summed E-state index contributed by atoms with van der Waals surface area (Å²) < 4.78 is 29.4. The van der Waals surface area contributed by atoms with Gasteiger partial charge < -0.3 is 10.0 Å². The highest BCUT2D eigenvalue weighted by atomic mass is 32.2. The maximum absolute atomic E-state index is 14.0. The first kappa shape index (κ1) is 29.2. The molecule has 2 aliphatic rings. The molecular weight excluding hydrogens is 585 g/mol. The lowest BCUT2D eigenvalue weighted by atomic mass is 9.82. The third-order valence-electron chi connectivity index (χ3n) is 8.26. The summed E-state index contributed by atoms with van der Waals surface area (Å²) in [6.07, 6.45) is 6.39. The van der Waals surface area contributed by atoms with E-state index in [9.17, 15) is 23.1 Å². The molecule has 1 amide bonds. The van der Waals surface area contributed by atoms with Gasteiger partial charge in [0.25, 0.3) is 0 Å². The number of amides is 1. The van der Waals surface area contributed by atoms with Crippen molar-refractivity contribution in [2.24, 2.45) is 5.92 Å². The van der Waals surface area contributed by atoms with Crippen LogP contribution < -0.4 is 4.90 Å². The number of piperazine rings is 1. The molecule has 1 saturated heterocycles. The standard InChI is InChI=1S/C32H32N4O5S2/c1-21-33-16-15-26(34-21)24-13-8-14-25(17-24)43(40,41)35-19-28(22-9-4-2-5-10-22)36(30(37)20-35)27-18-29(42-31(27)32(38)39)23-11-6-3-7-12-23/h3,6-8,11-18,22,28H,2,4-5,9-10,19-20H2,1H3,(H,38,39). The second-order valence-corrected chi connectivity index (χ2v) is 14.0. The number of anilines is 1. The Morgan fingerprint density at radius 3 is 2.44 bits per heavy atom. The molecule has 2 aromatic carbocycles. The molecule has 4 aromatic rings. The van der Waals surface area contributed by atoms with Crippen LogP contribution in [0.1, 0.15) is 47.6 Å². The number of nitrogens with zero attached hydrogens (tertiary/aromatic N) is 4. The number of rotatable bonds is 7. The highest BCUT2D eigenvalue weighted by Crippen LogP contribution is 2.42. The molecule has 1 atom stereocenters. The number of aromatic carboxylic acids is 1. The van der Waals surface area contributed by atoms with Gasteiger partial charge >= 0.3 is 5.97 Å². The number of carbonyl (C=O) groups is 2. The van der Waals surface area contributed by atoms with Crippen molar-refractivity contribution in [2.75, 3.05) is 18.0 Å². The number of carbonyl (C=O) groups excluding carboxylic acids is 1. The van der Waals surface area contributed by atoms with Crippen LogP contribution in [-0.2, 0) is 14.8 Å². The Labute approximate surface area is 254 Å². The Morgan fingerprint density at radius 1 is 0.977 bits per heavy atom. The van der Waals surface area contributed by atoms with E-state index in [1.54, 1.807) is 48.4 Å². The second-order valence-electron chi connectivity index (χ2n) is 11.0. The van der Waals surface area contributed by atoms with E-state index in [1.807, 2.05) is 30.3 Å². The number of aryl methyl sites for hydroxylation is 1. The molecule has 0 radical (unpaired) electrons. The van der Waals surface area contributed by atoms with Crippen LogP contribution in [0.25, 0.3) is 21.7 Å². The van der Waals surface area contributed by atoms with Crippen LogP contribution in [0.3, 0.4) is 0 Å². The van der Waals surface area contributed by atoms with Crippen LogP contribution in [0, 0.1) is 12.8 Å². The molecule has 1 aliphatic carbocycles. The van der Waals surface area contributed by atoms with Crippen molar-refractivity contribution in [3.05, 3.63) is 83.6 Å². The van der Waals surface area contributed by atoms with E-state index in [1.165, 1.54) is 10.4 Å². The molecule has 222 valence electrons. The highest BCUT2D eigenvalue weighted by Gasteiger charge is 2.44. The first-order chi connectivity index (χ1) is 20.7. The lowest BCUT2D eigenvalue weighted by Crippen LogP contribution is -2.60. The number of carboxylic acids is 1. The Morgan fingerprint density at radius 2 is 1.72 bits per heavy atom. The van der Waals surface area contributed by atoms with Gasteiger partial charge in [-0.2, -0.15) is 4.31 Å². The van der Waals surface area contributed by atoms with Crippen LogP contribution in [0.5, 0.6) is 0 Å². The minimum atomic E-state index is -4.05. The lowest BCUT2D eigenvalue weighted by molar-refractivity contribution is -0.121. The van der Waals surface area contributed by atoms with E-state index >= 15 is 0 Å². The third-order valence-corrected chi connectivity index (χ3v) is 11.2. The summed E-state index contributed by atoms with van der Waals surface area (Å²) in [6, 6.07) is 19.1. The van der Waals surface area contributed by atoms with Crippen molar-refractivity contribution in [2.45, 2.75) is 50.0 Å². The summed E-state index contributed by atoms with van der Waals surface area (Å²) in [5, 5.41) is 10.2. The smallest absolute Gasteiger partial charge is 0.348 e. The van der Waals surface area contributed by atoms with E-state index in [4.69, 9.17) is 0 Å². The van der Waals surface area contributed by atoms with Crippen molar-refractivity contribution in [1.82, 2.24) is 14.3 Å². The molecule has 1 aliphatic heterocycles. The van der Waals surface area contributed by atoms with Crippen LogP contribution in [0.2, 0.25) is 0 Å². The fourth-order valence-electron chi connectivity index (χ4n) is 6.18. The van der Waals surface area contributed by atoms with Crippen molar-refractivity contribution < 1.29 is 23.1 Å². The van der Waals surface area contributed by atoms with E-state index in [2.05, 4.69) is 9.97 Å². The maximum Gasteiger partial charge on any atom is 0.348 e. The van der Waals surface area contributed by atoms with Gasteiger partial charge in [0, 0.05) is 23.2 Å². The summed E-state index contributed by atoms with van der Waals surface area (Å²) in [4.78, 5) is 37.5. The fourth-order valence-corrected chi connectivity index (χ4v) is 8.63. The number of thiophene rings is 1. The molecule has 3 heterocycles. The van der Waals surface area contributed by atoms with Gasteiger partial charge in [-0.05, 0) is 55.5 Å². The molecule has 2 aromatic heterocycles. The third kappa shape index (κ3) is 5.84. The Bertz CT molecular complexity index is 1770. The molecule has 1 N–H and O–H groups in total. The maximum atomic E-state index is 14.0. The van der Waals surface area contributed by atoms with E-state index in [-0.39, 0.29) is 28.8 Å². The van der Waals surface area contributed by atoms with E-state index < -0.39 is 27.9 Å². The molecule has 43 heavy (non-hydrogen) atoms. The number of carboxylic acid groups (broad SMARTS) is 1. The monoisotopic (exact) mass is 616 g/mol. The summed E-state index contributed by atoms with van der Waals surface area (Å²) in [5.74, 6) is -0.905. The van der Waals surface area contributed by atoms with Crippen LogP contribution in [0.4, 0.5) is 5.69 Å². The van der Waals surface area contributed by atoms with Gasteiger partial charge in [0.05, 0.1) is 28.9 Å². The molecule has 0 bridgehead atoms. The summed E-state index contributed by atoms with van der Waals surface area (Å²) in [5.41, 5.74) is 2.45. The van der Waals surface area contributed by atoms with Gasteiger partial charge in [-0.25, -0.2) is 23.2 Å². The SMILES string of the molecule is Cc1nccc(-c2cccc(S(=O)(=O)N3CC(=O)N(c4cc(-c5ccccc5)sc4C(=O)O)C(C4CCCCC4)C3)c2)n1. The van der Waals surface area contributed by atoms with Gasteiger partial charge in [0.1, 0.15) is 10.7 Å². The average Bonchev–Trinajstić information content (AvgIpc) is 3.47. The summed E-state index contributed by atoms with van der Waals surface area (Å²) in [6.45, 7) is 1.48. The molecule has 11 heteroatoms. The van der Waals surface area contributed by atoms with Gasteiger partial charge in [-0.15, -0.1) is 11.3 Å². The quantitative estimate of drug-likeness (QED) is 0.276. The highest BCUT2D eigenvalue weighted by molar-refractivity contribution is 7.89. The number of hydrogen-bond donors (Lipinski definition) is 1. The first-order valence-electron chi connectivity index (χ1n) is 14.4. The lowest BCUT2D eigenvalue weighted by Gasteiger charge is -2.44. The minimum absolute atomic E-state index is 0.0488. The van der Waals surface area contributed by atoms with Crippen molar-refractivity contribution in [1.29, 1.82) is 0 Å². The fraction of sp³-hybridized carbons (Fsp3) is 0.312. The number of benzene rings is 2.